The van der Waals surface area contributed by atoms with Crippen molar-refractivity contribution >= 4 is 20.2 Å². The maximum Gasteiger partial charge on any atom is 0.118 e. The fourth-order valence-electron chi connectivity index (χ4n) is 1.05. The summed E-state index contributed by atoms with van der Waals surface area (Å²) in [4.78, 5) is 4.08. The maximum atomic E-state index is 4.20. The van der Waals surface area contributed by atoms with E-state index < -0.39 is 0 Å². The van der Waals surface area contributed by atoms with E-state index in [0.29, 0.717) is 0 Å². The van der Waals surface area contributed by atoms with Gasteiger partial charge in [-0.25, -0.2) is 9.50 Å². The van der Waals surface area contributed by atoms with Gasteiger partial charge < -0.3 is 0 Å². The highest BCUT2D eigenvalue weighted by Crippen LogP contribution is 2.02. The Labute approximate surface area is 66.7 Å². The van der Waals surface area contributed by atoms with Gasteiger partial charge in [0.15, 0.2) is 0 Å². The lowest BCUT2D eigenvalue weighted by Gasteiger charge is -1.91. The average molecular weight is 165 g/mol. The van der Waals surface area contributed by atoms with Crippen LogP contribution in [0.2, 0.25) is 0 Å². The summed E-state index contributed by atoms with van der Waals surface area (Å²) < 4.78 is 1.77. The second kappa shape index (κ2) is 2.28. The predicted molar refractivity (Wildman–Crippen MR) is 47.1 cm³/mol. The molecular weight excluding hydrogens is 157 g/mol. The molecule has 0 aliphatic rings. The lowest BCUT2D eigenvalue weighted by atomic mass is 10.4. The molecule has 2 heterocycles. The normalized spacial score (nSPS) is 10.7. The first kappa shape index (κ1) is 6.74. The van der Waals surface area contributed by atoms with Crippen LogP contribution < -0.4 is 5.44 Å². The molecule has 1 atom stereocenters. The van der Waals surface area contributed by atoms with Gasteiger partial charge in [0.05, 0.1) is 16.6 Å². The Morgan fingerprint density at radius 2 is 2.27 bits per heavy atom. The number of hydrogen-bond acceptors (Lipinski definition) is 2. The molecule has 11 heavy (non-hydrogen) atoms. The van der Waals surface area contributed by atoms with E-state index in [1.54, 1.807) is 10.8 Å². The minimum Gasteiger partial charge on any atom is -0.237 e. The van der Waals surface area contributed by atoms with Crippen molar-refractivity contribution in [1.82, 2.24) is 14.6 Å². The molecule has 0 saturated carbocycles. The lowest BCUT2D eigenvalue weighted by Crippen LogP contribution is -1.99. The van der Waals surface area contributed by atoms with E-state index in [1.165, 1.54) is 0 Å². The molecule has 0 amide bonds. The molecule has 3 nitrogen and oxygen atoms in total. The van der Waals surface area contributed by atoms with E-state index in [-0.39, 0.29) is 0 Å². The zero-order valence-electron chi connectivity index (χ0n) is 6.15. The van der Waals surface area contributed by atoms with E-state index in [1.807, 2.05) is 19.1 Å². The van der Waals surface area contributed by atoms with Gasteiger partial charge in [-0.2, -0.15) is 5.10 Å². The van der Waals surface area contributed by atoms with E-state index in [0.717, 1.165) is 16.6 Å². The summed E-state index contributed by atoms with van der Waals surface area (Å²) in [5.74, 6) is 0. The molecule has 0 aliphatic carbocycles. The van der Waals surface area contributed by atoms with Crippen LogP contribution in [0.4, 0.5) is 0 Å². The average Bonchev–Trinajstić information content (AvgIpc) is 2.27. The number of hydrogen-bond donors (Lipinski definition) is 0. The van der Waals surface area contributed by atoms with Crippen LogP contribution in [0.5, 0.6) is 0 Å². The van der Waals surface area contributed by atoms with Crippen LogP contribution in [0, 0.1) is 6.92 Å². The molecule has 0 bridgehead atoms. The number of fused-ring (bicyclic) bond motifs is 1. The number of aromatic nitrogens is 3. The molecule has 0 radical (unpaired) electrons. The van der Waals surface area contributed by atoms with E-state index >= 15 is 0 Å². The molecule has 0 N–H and O–H groups in total. The summed E-state index contributed by atoms with van der Waals surface area (Å²) in [6.07, 6.45) is 1.71. The van der Waals surface area contributed by atoms with Crippen LogP contribution in [-0.2, 0) is 0 Å². The molecule has 4 heteroatoms. The number of aryl methyl sites for hydroxylation is 1. The molecule has 0 aliphatic heterocycles. The molecule has 1 unspecified atom stereocenters. The molecule has 0 spiro atoms. The highest BCUT2D eigenvalue weighted by molar-refractivity contribution is 7.26. The monoisotopic (exact) mass is 165 g/mol. The number of rotatable bonds is 0. The van der Waals surface area contributed by atoms with Crippen molar-refractivity contribution in [3.05, 3.63) is 24.2 Å². The third kappa shape index (κ3) is 1.12. The molecule has 2 aromatic heterocycles. The van der Waals surface area contributed by atoms with Crippen molar-refractivity contribution in [2.75, 3.05) is 0 Å². The predicted octanol–water partition coefficient (Wildman–Crippen LogP) is 0.538. The summed E-state index contributed by atoms with van der Waals surface area (Å²) in [7, 11) is 2.56. The van der Waals surface area contributed by atoms with Crippen molar-refractivity contribution in [2.45, 2.75) is 6.92 Å². The molecule has 56 valence electrons. The summed E-state index contributed by atoms with van der Waals surface area (Å²) in [6.45, 7) is 1.97. The molecular formula is C7H8N3P. The first-order valence-corrected chi connectivity index (χ1v) is 3.91. The number of nitrogens with zero attached hydrogens (tertiary/aromatic N) is 3. The van der Waals surface area contributed by atoms with E-state index in [4.69, 9.17) is 0 Å². The van der Waals surface area contributed by atoms with Gasteiger partial charge in [0.25, 0.3) is 0 Å². The van der Waals surface area contributed by atoms with E-state index in [2.05, 4.69) is 19.3 Å². The van der Waals surface area contributed by atoms with Gasteiger partial charge >= 0.3 is 0 Å². The highest BCUT2D eigenvalue weighted by atomic mass is 31.0. The van der Waals surface area contributed by atoms with Gasteiger partial charge in [-0.1, -0.05) is 9.24 Å². The van der Waals surface area contributed by atoms with Crippen molar-refractivity contribution in [3.63, 3.8) is 0 Å². The Hall–Kier alpha value is -0.950. The quantitative estimate of drug-likeness (QED) is 0.533. The van der Waals surface area contributed by atoms with Gasteiger partial charge in [-0.3, -0.25) is 0 Å². The van der Waals surface area contributed by atoms with Gasteiger partial charge in [-0.05, 0) is 19.1 Å². The zero-order valence-corrected chi connectivity index (χ0v) is 7.31. The fraction of sp³-hybridized carbons (Fsp3) is 0.143. The zero-order chi connectivity index (χ0) is 7.84. The highest BCUT2D eigenvalue weighted by Gasteiger charge is 1.96. The van der Waals surface area contributed by atoms with Gasteiger partial charge in [0.1, 0.15) is 6.33 Å². The Kier molecular flexibility index (Phi) is 1.40. The third-order valence-corrected chi connectivity index (χ3v) is 1.81. The van der Waals surface area contributed by atoms with Gasteiger partial charge in [0, 0.05) is 0 Å². The molecule has 2 rings (SSSR count). The summed E-state index contributed by atoms with van der Waals surface area (Å²) >= 11 is 0. The van der Waals surface area contributed by atoms with Crippen molar-refractivity contribution in [3.8, 4) is 0 Å². The SMILES string of the molecule is Cc1cc2cc(P)ncn2n1. The Morgan fingerprint density at radius 3 is 3.09 bits per heavy atom. The smallest absolute Gasteiger partial charge is 0.118 e. The van der Waals surface area contributed by atoms with Crippen LogP contribution in [-0.4, -0.2) is 14.6 Å². The molecule has 2 aromatic rings. The first-order valence-electron chi connectivity index (χ1n) is 3.33. The van der Waals surface area contributed by atoms with Crippen LogP contribution >= 0.6 is 9.24 Å². The van der Waals surface area contributed by atoms with Gasteiger partial charge in [-0.15, -0.1) is 0 Å². The Balaban J connectivity index is 2.82. The van der Waals surface area contributed by atoms with E-state index in [9.17, 15) is 0 Å². The minimum atomic E-state index is 0.942. The molecule has 0 fully saturated rings. The summed E-state index contributed by atoms with van der Waals surface area (Å²) in [5.41, 5.74) is 3.04. The minimum absolute atomic E-state index is 0.942. The van der Waals surface area contributed by atoms with Gasteiger partial charge in [0.2, 0.25) is 0 Å². The van der Waals surface area contributed by atoms with Crippen molar-refractivity contribution < 1.29 is 0 Å². The Morgan fingerprint density at radius 1 is 1.45 bits per heavy atom. The van der Waals surface area contributed by atoms with Crippen LogP contribution in [0.3, 0.4) is 0 Å². The van der Waals surface area contributed by atoms with Crippen molar-refractivity contribution in [2.24, 2.45) is 0 Å². The first-order chi connectivity index (χ1) is 5.25. The van der Waals surface area contributed by atoms with Crippen LogP contribution in [0.25, 0.3) is 5.52 Å². The second-order valence-corrected chi connectivity index (χ2v) is 3.06. The maximum absolute atomic E-state index is 4.20. The Bertz CT molecular complexity index is 393. The fourth-order valence-corrected chi connectivity index (χ4v) is 1.28. The molecule has 0 saturated heterocycles. The van der Waals surface area contributed by atoms with Crippen LogP contribution in [0.15, 0.2) is 18.5 Å². The standard InChI is InChI=1S/C7H8N3P/c1-5-2-6-3-7(11)8-4-10(6)9-5/h2-4H,11H2,1H3. The van der Waals surface area contributed by atoms with Crippen molar-refractivity contribution in [1.29, 1.82) is 0 Å². The summed E-state index contributed by atoms with van der Waals surface area (Å²) in [5, 5.41) is 4.20. The van der Waals surface area contributed by atoms with Crippen LogP contribution in [0.1, 0.15) is 5.69 Å². The topological polar surface area (TPSA) is 30.2 Å². The lowest BCUT2D eigenvalue weighted by molar-refractivity contribution is 0.906. The molecule has 0 aromatic carbocycles. The summed E-state index contributed by atoms with van der Waals surface area (Å²) in [6, 6.07) is 4.00. The largest absolute Gasteiger partial charge is 0.237 e. The third-order valence-electron chi connectivity index (χ3n) is 1.50. The second-order valence-electron chi connectivity index (χ2n) is 2.47.